The van der Waals surface area contributed by atoms with Crippen LogP contribution in [0.15, 0.2) is 53.7 Å². The van der Waals surface area contributed by atoms with E-state index in [9.17, 15) is 0 Å². The van der Waals surface area contributed by atoms with E-state index in [2.05, 4.69) is 9.97 Å². The Kier molecular flexibility index (Phi) is 5.84. The molecule has 0 aliphatic heterocycles. The minimum atomic E-state index is 0.510. The van der Waals surface area contributed by atoms with Gasteiger partial charge < -0.3 is 4.74 Å². The highest BCUT2D eigenvalue weighted by molar-refractivity contribution is 7.98. The summed E-state index contributed by atoms with van der Waals surface area (Å²) in [5, 5.41) is 2.11. The number of aromatic nitrogens is 2. The van der Waals surface area contributed by atoms with Crippen LogP contribution < -0.4 is 4.74 Å². The van der Waals surface area contributed by atoms with Gasteiger partial charge in [-0.15, -0.1) is 0 Å². The zero-order chi connectivity index (χ0) is 17.8. The van der Waals surface area contributed by atoms with Gasteiger partial charge in [0.1, 0.15) is 5.75 Å². The summed E-state index contributed by atoms with van der Waals surface area (Å²) >= 11 is 13.8. The van der Waals surface area contributed by atoms with Gasteiger partial charge in [-0.2, -0.15) is 4.98 Å². The van der Waals surface area contributed by atoms with E-state index in [0.29, 0.717) is 27.6 Å². The standard InChI is InChI=1S/C19H16Cl2N2OS/c1-12-9-15(7-8-16(12)20)24-18-10-13(2)22-19(23-18)25-11-14-5-3-4-6-17(14)21/h3-10H,11H2,1-2H3. The van der Waals surface area contributed by atoms with Gasteiger partial charge in [-0.25, -0.2) is 4.98 Å². The Hall–Kier alpha value is -1.75. The van der Waals surface area contributed by atoms with Crippen molar-refractivity contribution >= 4 is 35.0 Å². The molecule has 0 unspecified atom stereocenters. The highest BCUT2D eigenvalue weighted by Crippen LogP contribution is 2.28. The lowest BCUT2D eigenvalue weighted by molar-refractivity contribution is 0.454. The minimum absolute atomic E-state index is 0.510. The molecule has 0 atom stereocenters. The van der Waals surface area contributed by atoms with Crippen LogP contribution >= 0.6 is 35.0 Å². The molecular formula is C19H16Cl2N2OS. The fraction of sp³-hybridized carbons (Fsp3) is 0.158. The molecule has 128 valence electrons. The number of nitrogens with zero attached hydrogens (tertiary/aromatic N) is 2. The summed E-state index contributed by atoms with van der Waals surface area (Å²) in [4.78, 5) is 8.94. The summed E-state index contributed by atoms with van der Waals surface area (Å²) in [5.74, 6) is 1.90. The zero-order valence-corrected chi connectivity index (χ0v) is 16.1. The van der Waals surface area contributed by atoms with E-state index in [-0.39, 0.29) is 0 Å². The van der Waals surface area contributed by atoms with Gasteiger partial charge >= 0.3 is 0 Å². The van der Waals surface area contributed by atoms with Crippen molar-refractivity contribution in [2.24, 2.45) is 0 Å². The lowest BCUT2D eigenvalue weighted by Gasteiger charge is -2.09. The maximum Gasteiger partial charge on any atom is 0.223 e. The molecule has 0 radical (unpaired) electrons. The van der Waals surface area contributed by atoms with E-state index >= 15 is 0 Å². The van der Waals surface area contributed by atoms with E-state index in [4.69, 9.17) is 27.9 Å². The molecule has 0 spiro atoms. The van der Waals surface area contributed by atoms with Crippen molar-refractivity contribution in [1.82, 2.24) is 9.97 Å². The lowest BCUT2D eigenvalue weighted by atomic mass is 10.2. The molecule has 6 heteroatoms. The molecule has 0 aliphatic rings. The number of aryl methyl sites for hydroxylation is 2. The fourth-order valence-corrected chi connectivity index (χ4v) is 3.49. The van der Waals surface area contributed by atoms with Gasteiger partial charge in [-0.1, -0.05) is 53.2 Å². The first kappa shape index (κ1) is 18.1. The lowest BCUT2D eigenvalue weighted by Crippen LogP contribution is -1.95. The van der Waals surface area contributed by atoms with E-state index in [1.807, 2.05) is 62.4 Å². The monoisotopic (exact) mass is 390 g/mol. The quantitative estimate of drug-likeness (QED) is 0.368. The first-order valence-electron chi connectivity index (χ1n) is 7.67. The van der Waals surface area contributed by atoms with Gasteiger partial charge in [0, 0.05) is 27.6 Å². The smallest absolute Gasteiger partial charge is 0.223 e. The third kappa shape index (κ3) is 4.88. The van der Waals surface area contributed by atoms with Gasteiger partial charge in [0.2, 0.25) is 5.88 Å². The first-order valence-corrected chi connectivity index (χ1v) is 9.41. The second-order valence-electron chi connectivity index (χ2n) is 5.52. The number of hydrogen-bond acceptors (Lipinski definition) is 4. The SMILES string of the molecule is Cc1cc(Oc2ccc(Cl)c(C)c2)nc(SCc2ccccc2Cl)n1. The van der Waals surface area contributed by atoms with Crippen LogP contribution in [0.3, 0.4) is 0 Å². The van der Waals surface area contributed by atoms with Crippen LogP contribution in [0.25, 0.3) is 0 Å². The number of ether oxygens (including phenoxy) is 1. The first-order chi connectivity index (χ1) is 12.0. The van der Waals surface area contributed by atoms with Crippen molar-refractivity contribution in [2.75, 3.05) is 0 Å². The Balaban J connectivity index is 1.76. The molecule has 0 bridgehead atoms. The predicted molar refractivity (Wildman–Crippen MR) is 104 cm³/mol. The zero-order valence-electron chi connectivity index (χ0n) is 13.8. The molecule has 0 amide bonds. The molecule has 25 heavy (non-hydrogen) atoms. The molecule has 0 fully saturated rings. The summed E-state index contributed by atoms with van der Waals surface area (Å²) in [6, 6.07) is 15.1. The van der Waals surface area contributed by atoms with Crippen molar-refractivity contribution in [3.8, 4) is 11.6 Å². The maximum absolute atomic E-state index is 6.20. The largest absolute Gasteiger partial charge is 0.439 e. The second-order valence-corrected chi connectivity index (χ2v) is 7.28. The molecule has 3 aromatic rings. The molecule has 0 N–H and O–H groups in total. The second kappa shape index (κ2) is 8.09. The molecule has 3 nitrogen and oxygen atoms in total. The normalized spacial score (nSPS) is 10.7. The van der Waals surface area contributed by atoms with Gasteiger partial charge in [0.15, 0.2) is 5.16 Å². The topological polar surface area (TPSA) is 35.0 Å². The summed E-state index contributed by atoms with van der Waals surface area (Å²) in [7, 11) is 0. The fourth-order valence-electron chi connectivity index (χ4n) is 2.19. The third-order valence-electron chi connectivity index (χ3n) is 3.48. The number of hydrogen-bond donors (Lipinski definition) is 0. The summed E-state index contributed by atoms with van der Waals surface area (Å²) in [6.07, 6.45) is 0. The predicted octanol–water partition coefficient (Wildman–Crippen LogP) is 6.48. The maximum atomic E-state index is 6.20. The molecule has 1 aromatic heterocycles. The Morgan fingerprint density at radius 1 is 0.960 bits per heavy atom. The van der Waals surface area contributed by atoms with Crippen LogP contribution in [0, 0.1) is 13.8 Å². The van der Waals surface area contributed by atoms with Crippen molar-refractivity contribution < 1.29 is 4.74 Å². The summed E-state index contributed by atoms with van der Waals surface area (Å²) < 4.78 is 5.86. The molecule has 1 heterocycles. The highest BCUT2D eigenvalue weighted by Gasteiger charge is 2.08. The summed E-state index contributed by atoms with van der Waals surface area (Å²) in [6.45, 7) is 3.85. The van der Waals surface area contributed by atoms with Crippen molar-refractivity contribution in [2.45, 2.75) is 24.8 Å². The highest BCUT2D eigenvalue weighted by atomic mass is 35.5. The number of rotatable bonds is 5. The van der Waals surface area contributed by atoms with Gasteiger partial charge in [-0.3, -0.25) is 0 Å². The molecular weight excluding hydrogens is 375 g/mol. The van der Waals surface area contributed by atoms with Gasteiger partial charge in [-0.05, 0) is 49.2 Å². The number of halogens is 2. The number of thioether (sulfide) groups is 1. The molecule has 2 aromatic carbocycles. The third-order valence-corrected chi connectivity index (χ3v) is 5.17. The van der Waals surface area contributed by atoms with Crippen LogP contribution in [0.4, 0.5) is 0 Å². The van der Waals surface area contributed by atoms with Crippen molar-refractivity contribution in [3.63, 3.8) is 0 Å². The Bertz CT molecular complexity index is 902. The number of benzene rings is 2. The van der Waals surface area contributed by atoms with E-state index < -0.39 is 0 Å². The molecule has 0 saturated carbocycles. The van der Waals surface area contributed by atoms with E-state index in [1.54, 1.807) is 0 Å². The Morgan fingerprint density at radius 2 is 1.76 bits per heavy atom. The van der Waals surface area contributed by atoms with E-state index in [0.717, 1.165) is 21.8 Å². The minimum Gasteiger partial charge on any atom is -0.439 e. The Labute approximate surface area is 161 Å². The van der Waals surface area contributed by atoms with Crippen LogP contribution in [0.1, 0.15) is 16.8 Å². The average molecular weight is 391 g/mol. The molecule has 0 saturated heterocycles. The van der Waals surface area contributed by atoms with Crippen LogP contribution in [-0.2, 0) is 5.75 Å². The summed E-state index contributed by atoms with van der Waals surface area (Å²) in [5.41, 5.74) is 2.85. The molecule has 3 rings (SSSR count). The Morgan fingerprint density at radius 3 is 2.52 bits per heavy atom. The van der Waals surface area contributed by atoms with Crippen molar-refractivity contribution in [3.05, 3.63) is 75.4 Å². The van der Waals surface area contributed by atoms with Crippen LogP contribution in [-0.4, -0.2) is 9.97 Å². The van der Waals surface area contributed by atoms with E-state index in [1.165, 1.54) is 11.8 Å². The average Bonchev–Trinajstić information content (AvgIpc) is 2.57. The van der Waals surface area contributed by atoms with Crippen LogP contribution in [0.5, 0.6) is 11.6 Å². The van der Waals surface area contributed by atoms with Crippen LogP contribution in [0.2, 0.25) is 10.0 Å². The van der Waals surface area contributed by atoms with Gasteiger partial charge in [0.25, 0.3) is 0 Å². The molecule has 0 aliphatic carbocycles. The van der Waals surface area contributed by atoms with Crippen molar-refractivity contribution in [1.29, 1.82) is 0 Å². The van der Waals surface area contributed by atoms with Gasteiger partial charge in [0.05, 0.1) is 0 Å².